The van der Waals surface area contributed by atoms with Gasteiger partial charge in [0.2, 0.25) is 0 Å². The van der Waals surface area contributed by atoms with Crippen molar-refractivity contribution in [3.05, 3.63) is 65.4 Å². The number of ether oxygens (including phenoxy) is 2. The predicted molar refractivity (Wildman–Crippen MR) is 88.8 cm³/mol. The topological polar surface area (TPSA) is 31.4 Å². The van der Waals surface area contributed by atoms with Crippen molar-refractivity contribution in [1.82, 2.24) is 4.98 Å². The van der Waals surface area contributed by atoms with Crippen LogP contribution in [0.15, 0.2) is 48.6 Å². The second kappa shape index (κ2) is 6.06. The second-order valence-electron chi connectivity index (χ2n) is 5.09. The second-order valence-corrected chi connectivity index (χ2v) is 5.09. The van der Waals surface area contributed by atoms with Crippen molar-refractivity contribution in [2.75, 3.05) is 14.2 Å². The third-order valence-corrected chi connectivity index (χ3v) is 3.59. The first-order valence-corrected chi connectivity index (χ1v) is 7.03. The standard InChI is InChI=1S/C19H19NO2/c1-13-4-6-16-15(10-13)8-9-20-17(16)11-14-5-7-18(21-2)19(12-14)22-3/h4-10,12H,11H2,1-3H3/i8D,9D,10D. The molecular formula is C19H19NO2. The molecular weight excluding hydrogens is 274 g/mol. The van der Waals surface area contributed by atoms with Crippen molar-refractivity contribution in [2.45, 2.75) is 13.3 Å². The lowest BCUT2D eigenvalue weighted by molar-refractivity contribution is 0.354. The normalized spacial score (nSPS) is 12.6. The van der Waals surface area contributed by atoms with E-state index in [-0.39, 0.29) is 18.3 Å². The minimum absolute atomic E-state index is 0.000221. The lowest BCUT2D eigenvalue weighted by atomic mass is 10.0. The van der Waals surface area contributed by atoms with E-state index in [1.165, 1.54) is 0 Å². The summed E-state index contributed by atoms with van der Waals surface area (Å²) in [7, 11) is 3.17. The monoisotopic (exact) mass is 296 g/mol. The van der Waals surface area contributed by atoms with E-state index in [0.29, 0.717) is 29.0 Å². The quantitative estimate of drug-likeness (QED) is 0.724. The molecule has 0 radical (unpaired) electrons. The molecule has 0 aliphatic heterocycles. The zero-order valence-corrected chi connectivity index (χ0v) is 12.9. The smallest absolute Gasteiger partial charge is 0.160 e. The molecule has 22 heavy (non-hydrogen) atoms. The average molecular weight is 296 g/mol. The number of hydrogen-bond donors (Lipinski definition) is 0. The van der Waals surface area contributed by atoms with Gasteiger partial charge in [-0.3, -0.25) is 4.98 Å². The summed E-state index contributed by atoms with van der Waals surface area (Å²) in [5.74, 6) is 1.28. The van der Waals surface area contributed by atoms with Crippen molar-refractivity contribution >= 4 is 10.8 Å². The molecule has 0 amide bonds. The Hall–Kier alpha value is -2.55. The van der Waals surface area contributed by atoms with Gasteiger partial charge in [-0.15, -0.1) is 0 Å². The number of pyridine rings is 1. The van der Waals surface area contributed by atoms with Crippen molar-refractivity contribution in [3.8, 4) is 11.5 Å². The third kappa shape index (κ3) is 2.75. The lowest BCUT2D eigenvalue weighted by Crippen LogP contribution is -1.96. The summed E-state index contributed by atoms with van der Waals surface area (Å²) in [5.41, 5.74) is 2.41. The Labute approximate surface area is 134 Å². The number of fused-ring (bicyclic) bond motifs is 1. The van der Waals surface area contributed by atoms with Crippen LogP contribution in [0.3, 0.4) is 0 Å². The van der Waals surface area contributed by atoms with Gasteiger partial charge < -0.3 is 9.47 Å². The molecule has 3 heteroatoms. The first kappa shape index (κ1) is 11.1. The summed E-state index contributed by atoms with van der Waals surface area (Å²) in [6, 6.07) is 9.64. The summed E-state index contributed by atoms with van der Waals surface area (Å²) in [6.45, 7) is 1.83. The van der Waals surface area contributed by atoms with Gasteiger partial charge in [0.25, 0.3) is 0 Å². The summed E-state index contributed by atoms with van der Waals surface area (Å²) in [5, 5.41) is 1.22. The molecule has 112 valence electrons. The summed E-state index contributed by atoms with van der Waals surface area (Å²) in [6.07, 6.45) is 0.369. The van der Waals surface area contributed by atoms with Gasteiger partial charge in [0, 0.05) is 18.0 Å². The summed E-state index contributed by atoms with van der Waals surface area (Å²) in [4.78, 5) is 4.29. The van der Waals surface area contributed by atoms with Gasteiger partial charge in [-0.05, 0) is 36.0 Å². The van der Waals surface area contributed by atoms with Crippen molar-refractivity contribution < 1.29 is 13.6 Å². The SMILES string of the molecule is [2H]c1nc(Cc2ccc(OC)c(OC)c2)c2ccc(C)c([2H])c2c1[2H]. The number of aromatic nitrogens is 1. The molecule has 0 aliphatic rings. The Morgan fingerprint density at radius 1 is 1.09 bits per heavy atom. The van der Waals surface area contributed by atoms with Gasteiger partial charge >= 0.3 is 0 Å². The van der Waals surface area contributed by atoms with E-state index in [1.807, 2.05) is 37.3 Å². The maximum Gasteiger partial charge on any atom is 0.160 e. The van der Waals surface area contributed by atoms with Gasteiger partial charge in [-0.2, -0.15) is 0 Å². The minimum atomic E-state index is -0.109. The Morgan fingerprint density at radius 2 is 1.91 bits per heavy atom. The predicted octanol–water partition coefficient (Wildman–Crippen LogP) is 4.15. The molecule has 0 N–H and O–H groups in total. The molecule has 0 bridgehead atoms. The highest BCUT2D eigenvalue weighted by atomic mass is 16.5. The molecule has 1 aromatic heterocycles. The number of hydrogen-bond acceptors (Lipinski definition) is 3. The molecule has 1 heterocycles. The minimum Gasteiger partial charge on any atom is -0.493 e. The van der Waals surface area contributed by atoms with E-state index in [1.54, 1.807) is 14.2 Å². The van der Waals surface area contributed by atoms with Crippen LogP contribution in [0.4, 0.5) is 0 Å². The fourth-order valence-corrected chi connectivity index (χ4v) is 2.47. The van der Waals surface area contributed by atoms with Crippen LogP contribution < -0.4 is 9.47 Å². The largest absolute Gasteiger partial charge is 0.493 e. The van der Waals surface area contributed by atoms with Crippen LogP contribution in [0.1, 0.15) is 20.9 Å². The fraction of sp³-hybridized carbons (Fsp3) is 0.211. The Balaban J connectivity index is 2.14. The molecule has 0 saturated carbocycles. The molecule has 0 saturated heterocycles. The molecule has 0 aliphatic carbocycles. The molecule has 0 unspecified atom stereocenters. The highest BCUT2D eigenvalue weighted by Crippen LogP contribution is 2.29. The molecule has 3 aromatic rings. The van der Waals surface area contributed by atoms with Gasteiger partial charge in [0.1, 0.15) is 0 Å². The lowest BCUT2D eigenvalue weighted by Gasteiger charge is -2.10. The molecule has 0 fully saturated rings. The van der Waals surface area contributed by atoms with Crippen LogP contribution >= 0.6 is 0 Å². The van der Waals surface area contributed by atoms with Crippen LogP contribution in [0.5, 0.6) is 11.5 Å². The van der Waals surface area contributed by atoms with Gasteiger partial charge in [0.05, 0.1) is 24.0 Å². The zero-order valence-electron chi connectivity index (χ0n) is 15.9. The number of methoxy groups -OCH3 is 2. The summed E-state index contributed by atoms with van der Waals surface area (Å²) < 4.78 is 34.9. The molecule has 0 spiro atoms. The Kier molecular flexibility index (Phi) is 3.05. The van der Waals surface area contributed by atoms with Crippen LogP contribution in [0, 0.1) is 6.92 Å². The van der Waals surface area contributed by atoms with E-state index < -0.39 is 0 Å². The van der Waals surface area contributed by atoms with Crippen LogP contribution in [-0.2, 0) is 6.42 Å². The van der Waals surface area contributed by atoms with Crippen LogP contribution in [0.2, 0.25) is 0 Å². The van der Waals surface area contributed by atoms with Gasteiger partial charge in [-0.1, -0.05) is 29.8 Å². The van der Waals surface area contributed by atoms with Crippen LogP contribution in [-0.4, -0.2) is 19.2 Å². The van der Waals surface area contributed by atoms with Gasteiger partial charge in [0.15, 0.2) is 11.5 Å². The molecule has 0 atom stereocenters. The number of nitrogens with zero attached hydrogens (tertiary/aromatic N) is 1. The highest BCUT2D eigenvalue weighted by molar-refractivity contribution is 5.85. The number of benzene rings is 2. The highest BCUT2D eigenvalue weighted by Gasteiger charge is 2.08. The van der Waals surface area contributed by atoms with E-state index in [9.17, 15) is 0 Å². The zero-order chi connectivity index (χ0) is 18.1. The van der Waals surface area contributed by atoms with Crippen molar-refractivity contribution in [3.63, 3.8) is 0 Å². The average Bonchev–Trinajstić information content (AvgIpc) is 2.61. The van der Waals surface area contributed by atoms with Crippen molar-refractivity contribution in [1.29, 1.82) is 0 Å². The van der Waals surface area contributed by atoms with Crippen molar-refractivity contribution in [2.24, 2.45) is 0 Å². The van der Waals surface area contributed by atoms with E-state index in [2.05, 4.69) is 4.98 Å². The fourth-order valence-electron chi connectivity index (χ4n) is 2.47. The van der Waals surface area contributed by atoms with E-state index in [0.717, 1.165) is 16.5 Å². The van der Waals surface area contributed by atoms with E-state index in [4.69, 9.17) is 13.6 Å². The molecule has 3 rings (SSSR count). The first-order chi connectivity index (χ1) is 12.0. The molecule has 3 nitrogen and oxygen atoms in total. The van der Waals surface area contributed by atoms with Crippen LogP contribution in [0.25, 0.3) is 10.8 Å². The third-order valence-electron chi connectivity index (χ3n) is 3.59. The maximum atomic E-state index is 8.25. The van der Waals surface area contributed by atoms with Gasteiger partial charge in [-0.25, -0.2) is 0 Å². The first-order valence-electron chi connectivity index (χ1n) is 8.53. The Bertz CT molecular complexity index is 949. The maximum absolute atomic E-state index is 8.25. The van der Waals surface area contributed by atoms with E-state index >= 15 is 0 Å². The Morgan fingerprint density at radius 3 is 2.68 bits per heavy atom. The number of aryl methyl sites for hydroxylation is 1. The molecule has 2 aromatic carbocycles. The summed E-state index contributed by atoms with van der Waals surface area (Å²) >= 11 is 0. The number of rotatable bonds is 4.